The Bertz CT molecular complexity index is 1890. The van der Waals surface area contributed by atoms with Crippen molar-refractivity contribution in [2.75, 3.05) is 19.9 Å². The molecule has 6 rings (SSSR count). The number of benzene rings is 4. The Morgan fingerprint density at radius 2 is 1.25 bits per heavy atom. The summed E-state index contributed by atoms with van der Waals surface area (Å²) in [6.45, 7) is -0.411. The number of aliphatic hydroxyl groups excluding tert-OH is 2. The van der Waals surface area contributed by atoms with E-state index in [0.29, 0.717) is 41.2 Å². The molecule has 0 aliphatic carbocycles. The summed E-state index contributed by atoms with van der Waals surface area (Å²) in [6, 6.07) is 26.3. The van der Waals surface area contributed by atoms with Gasteiger partial charge in [-0.15, -0.1) is 0 Å². The van der Waals surface area contributed by atoms with E-state index in [-0.39, 0.29) is 37.0 Å². The predicted octanol–water partition coefficient (Wildman–Crippen LogP) is 5.59. The number of ether oxygens (including phenoxy) is 3. The van der Waals surface area contributed by atoms with Crippen molar-refractivity contribution >= 4 is 45.8 Å². The lowest BCUT2D eigenvalue weighted by Crippen LogP contribution is -2.35. The maximum absolute atomic E-state index is 13.4. The third-order valence-corrected chi connectivity index (χ3v) is 10.2. The van der Waals surface area contributed by atoms with E-state index in [4.69, 9.17) is 14.2 Å². The van der Waals surface area contributed by atoms with Crippen LogP contribution >= 0.6 is 23.5 Å². The Balaban J connectivity index is 0.948. The smallest absolute Gasteiger partial charge is 0.291 e. The van der Waals surface area contributed by atoms with Crippen LogP contribution in [0.3, 0.4) is 0 Å². The lowest BCUT2D eigenvalue weighted by Gasteiger charge is -2.17. The van der Waals surface area contributed by atoms with Crippen LogP contribution in [-0.2, 0) is 22.4 Å². The minimum atomic E-state index is -1.00. The predicted molar refractivity (Wildman–Crippen MR) is 188 cm³/mol. The van der Waals surface area contributed by atoms with Crippen molar-refractivity contribution in [2.24, 2.45) is 0 Å². The van der Waals surface area contributed by atoms with Gasteiger partial charge in [0.05, 0.1) is 10.5 Å². The van der Waals surface area contributed by atoms with Crippen LogP contribution in [-0.4, -0.2) is 67.9 Å². The number of rotatable bonds is 15. The summed E-state index contributed by atoms with van der Waals surface area (Å²) in [5, 5.41) is 21.5. The minimum Gasteiger partial charge on any atom is -0.491 e. The van der Waals surface area contributed by atoms with Gasteiger partial charge in [-0.05, 0) is 83.6 Å². The van der Waals surface area contributed by atoms with Gasteiger partial charge in [-0.25, -0.2) is 9.29 Å². The first-order valence-corrected chi connectivity index (χ1v) is 17.7. The molecular weight excluding hydrogens is 700 g/mol. The summed E-state index contributed by atoms with van der Waals surface area (Å²) in [5.41, 5.74) is 2.60. The van der Waals surface area contributed by atoms with E-state index < -0.39 is 33.8 Å². The van der Waals surface area contributed by atoms with E-state index in [2.05, 4.69) is 5.32 Å². The van der Waals surface area contributed by atoms with Crippen LogP contribution in [0.25, 0.3) is 0 Å². The van der Waals surface area contributed by atoms with Crippen LogP contribution in [0.4, 0.5) is 14.0 Å². The number of amides is 4. The average Bonchev–Trinajstić information content (AvgIpc) is 3.59. The number of thioether (sulfide) groups is 2. The van der Waals surface area contributed by atoms with Gasteiger partial charge in [-0.1, -0.05) is 72.1 Å². The fourth-order valence-electron chi connectivity index (χ4n) is 5.35. The number of nitrogens with zero attached hydrogens (tertiary/aromatic N) is 1. The number of hydrogen-bond donors (Lipinski definition) is 3. The second-order valence-electron chi connectivity index (χ2n) is 11.8. The Morgan fingerprint density at radius 3 is 1.82 bits per heavy atom. The topological polar surface area (TPSA) is 152 Å². The van der Waals surface area contributed by atoms with E-state index >= 15 is 0 Å². The van der Waals surface area contributed by atoms with Crippen LogP contribution < -0.4 is 19.5 Å². The fraction of sp³-hybridized carbons (Fsp3) is 0.243. The van der Waals surface area contributed by atoms with E-state index in [1.165, 1.54) is 18.2 Å². The molecule has 4 aromatic carbocycles. The summed E-state index contributed by atoms with van der Waals surface area (Å²) in [4.78, 5) is 50.1. The highest BCUT2D eigenvalue weighted by molar-refractivity contribution is 8.15. The molecule has 0 spiro atoms. The van der Waals surface area contributed by atoms with Gasteiger partial charge in [0.2, 0.25) is 11.8 Å². The third kappa shape index (κ3) is 9.47. The summed E-state index contributed by atoms with van der Waals surface area (Å²) in [5.74, 6) is 0.247. The minimum absolute atomic E-state index is 0.0520. The molecule has 0 aromatic heterocycles. The molecule has 2 fully saturated rings. The molecule has 264 valence electrons. The van der Waals surface area contributed by atoms with Crippen molar-refractivity contribution in [2.45, 2.75) is 35.5 Å². The molecule has 2 saturated heterocycles. The molecule has 2 aliphatic heterocycles. The van der Waals surface area contributed by atoms with Gasteiger partial charge < -0.3 is 24.4 Å². The molecule has 0 radical (unpaired) electrons. The average molecular weight is 733 g/mol. The zero-order valence-electron chi connectivity index (χ0n) is 27.0. The van der Waals surface area contributed by atoms with Crippen LogP contribution in [0, 0.1) is 5.82 Å². The van der Waals surface area contributed by atoms with Crippen LogP contribution in [0.5, 0.6) is 17.2 Å². The molecule has 4 amide bonds. The molecule has 4 atom stereocenters. The monoisotopic (exact) mass is 732 g/mol. The number of halogens is 1. The lowest BCUT2D eigenvalue weighted by molar-refractivity contribution is -0.128. The van der Waals surface area contributed by atoms with Crippen molar-refractivity contribution < 1.29 is 48.0 Å². The first-order valence-electron chi connectivity index (χ1n) is 15.9. The summed E-state index contributed by atoms with van der Waals surface area (Å²) >= 11 is 1.90. The Morgan fingerprint density at radius 1 is 0.686 bits per heavy atom. The fourth-order valence-corrected chi connectivity index (χ4v) is 7.23. The molecule has 2 heterocycles. The van der Waals surface area contributed by atoms with Gasteiger partial charge in [-0.2, -0.15) is 0 Å². The van der Waals surface area contributed by atoms with Crippen molar-refractivity contribution in [1.82, 2.24) is 10.2 Å². The molecule has 2 unspecified atom stereocenters. The van der Waals surface area contributed by atoms with E-state index in [1.807, 2.05) is 0 Å². The number of imide groups is 2. The van der Waals surface area contributed by atoms with E-state index in [9.17, 15) is 33.8 Å². The second-order valence-corrected chi connectivity index (χ2v) is 14.1. The number of aliphatic hydroxyl groups is 2. The Kier molecular flexibility index (Phi) is 11.6. The highest BCUT2D eigenvalue weighted by Gasteiger charge is 2.40. The maximum atomic E-state index is 13.4. The van der Waals surface area contributed by atoms with Crippen molar-refractivity contribution in [3.05, 3.63) is 125 Å². The lowest BCUT2D eigenvalue weighted by atomic mass is 10.1. The molecule has 14 heteroatoms. The first kappa shape index (κ1) is 35.9. The molecule has 4 aromatic rings. The normalized spacial score (nSPS) is 18.5. The summed E-state index contributed by atoms with van der Waals surface area (Å²) in [6.07, 6.45) is -1.28. The molecule has 0 bridgehead atoms. The van der Waals surface area contributed by atoms with Gasteiger partial charge in [0.1, 0.15) is 48.5 Å². The first-order chi connectivity index (χ1) is 24.6. The summed E-state index contributed by atoms with van der Waals surface area (Å²) in [7, 11) is 0. The molecule has 51 heavy (non-hydrogen) atoms. The van der Waals surface area contributed by atoms with Crippen molar-refractivity contribution in [3.63, 3.8) is 0 Å². The zero-order chi connectivity index (χ0) is 35.9. The quantitative estimate of drug-likeness (QED) is 0.140. The van der Waals surface area contributed by atoms with Gasteiger partial charge in [0, 0.05) is 0 Å². The number of carbonyl (C=O) groups excluding carboxylic acids is 4. The molecule has 11 nitrogen and oxygen atoms in total. The number of hydrogen-bond acceptors (Lipinski definition) is 11. The van der Waals surface area contributed by atoms with Crippen LogP contribution in [0.2, 0.25) is 0 Å². The number of carbonyl (C=O) groups is 4. The standard InChI is InChI=1S/C37H33FN2O9S2/c38-26-5-1-3-24(17-26)30(41)19-47-28-13-9-23(10-14-28)16-33-35(44)40(37(46)51-33)21-49-29-6-2-4-25(18-29)31(42)20-48-27-11-7-22(8-12-27)15-32-34(43)39-36(45)50-32/h1-14,17-18,30-33,41-42H,15-16,19-21H2,(H,39,43,45)/t30-,31-,32?,33?/m1/s1. The zero-order valence-corrected chi connectivity index (χ0v) is 28.6. The second kappa shape index (κ2) is 16.4. The maximum Gasteiger partial charge on any atom is 0.291 e. The van der Waals surface area contributed by atoms with Crippen LogP contribution in [0.15, 0.2) is 97.1 Å². The molecule has 0 saturated carbocycles. The molecular formula is C37H33FN2O9S2. The van der Waals surface area contributed by atoms with Gasteiger partial charge in [0.15, 0.2) is 6.73 Å². The van der Waals surface area contributed by atoms with Gasteiger partial charge >= 0.3 is 0 Å². The highest BCUT2D eigenvalue weighted by Crippen LogP contribution is 2.31. The largest absolute Gasteiger partial charge is 0.491 e. The van der Waals surface area contributed by atoms with E-state index in [0.717, 1.165) is 39.6 Å². The molecule has 2 aliphatic rings. The van der Waals surface area contributed by atoms with Crippen molar-refractivity contribution in [1.29, 1.82) is 0 Å². The SMILES string of the molecule is O=C1NC(=O)C(Cc2ccc(OC[C@@H](O)c3cccc(OCN4C(=O)SC(Cc5ccc(OC[C@@H](O)c6cccc(F)c6)cc5)C4=O)c3)cc2)S1. The van der Waals surface area contributed by atoms with E-state index in [1.54, 1.807) is 78.9 Å². The Hall–Kier alpha value is -4.89. The van der Waals surface area contributed by atoms with Crippen LogP contribution in [0.1, 0.15) is 34.5 Å². The van der Waals surface area contributed by atoms with Crippen molar-refractivity contribution in [3.8, 4) is 17.2 Å². The van der Waals surface area contributed by atoms with Gasteiger partial charge in [-0.3, -0.25) is 24.5 Å². The van der Waals surface area contributed by atoms with Gasteiger partial charge in [0.25, 0.3) is 10.5 Å². The number of nitrogens with one attached hydrogen (secondary N) is 1. The third-order valence-electron chi connectivity index (χ3n) is 8.11. The highest BCUT2D eigenvalue weighted by atomic mass is 32.2. The molecule has 3 N–H and O–H groups in total. The Labute approximate surface area is 301 Å². The summed E-state index contributed by atoms with van der Waals surface area (Å²) < 4.78 is 30.6.